The molecule has 1 aliphatic heterocycles. The summed E-state index contributed by atoms with van der Waals surface area (Å²) in [6.07, 6.45) is 2.15. The number of ether oxygens (including phenoxy) is 1. The molecule has 0 atom stereocenters. The molecule has 0 fully saturated rings. The third-order valence-electron chi connectivity index (χ3n) is 2.81. The Morgan fingerprint density at radius 3 is 3.00 bits per heavy atom. The Morgan fingerprint density at radius 1 is 1.47 bits per heavy atom. The van der Waals surface area contributed by atoms with E-state index in [0.29, 0.717) is 6.54 Å². The molecule has 0 unspecified atom stereocenters. The van der Waals surface area contributed by atoms with Crippen molar-refractivity contribution in [3.63, 3.8) is 0 Å². The number of rotatable bonds is 2. The lowest BCUT2D eigenvalue weighted by atomic mass is 9.93. The first-order valence-electron chi connectivity index (χ1n) is 5.35. The van der Waals surface area contributed by atoms with Gasteiger partial charge in [-0.05, 0) is 43.9 Å². The Morgan fingerprint density at radius 2 is 2.27 bits per heavy atom. The topological polar surface area (TPSA) is 47.3 Å². The Labute approximate surface area is 90.6 Å². The van der Waals surface area contributed by atoms with Gasteiger partial charge in [-0.2, -0.15) is 0 Å². The third kappa shape index (κ3) is 2.30. The van der Waals surface area contributed by atoms with Crippen molar-refractivity contribution < 1.29 is 4.74 Å². The Hall–Kier alpha value is -1.06. The second-order valence-corrected chi connectivity index (χ2v) is 4.68. The first-order valence-corrected chi connectivity index (χ1v) is 5.35. The van der Waals surface area contributed by atoms with Crippen LogP contribution < -0.4 is 16.0 Å². The van der Waals surface area contributed by atoms with Crippen molar-refractivity contribution in [1.29, 1.82) is 0 Å². The molecule has 0 bridgehead atoms. The molecule has 3 nitrogen and oxygen atoms in total. The lowest BCUT2D eigenvalue weighted by molar-refractivity contribution is 0.0846. The molecule has 2 rings (SSSR count). The zero-order valence-electron chi connectivity index (χ0n) is 9.34. The summed E-state index contributed by atoms with van der Waals surface area (Å²) in [6, 6.07) is 6.27. The van der Waals surface area contributed by atoms with E-state index in [9.17, 15) is 0 Å². The summed E-state index contributed by atoms with van der Waals surface area (Å²) >= 11 is 0. The fraction of sp³-hybridized carbons (Fsp3) is 0.500. The lowest BCUT2D eigenvalue weighted by Crippen LogP contribution is -2.32. The van der Waals surface area contributed by atoms with Crippen LogP contribution in [0.2, 0.25) is 0 Å². The lowest BCUT2D eigenvalue weighted by Gasteiger charge is -2.32. The Balaban J connectivity index is 2.24. The number of hydrogen-bond donors (Lipinski definition) is 2. The van der Waals surface area contributed by atoms with Crippen molar-refractivity contribution in [1.82, 2.24) is 5.43 Å². The Kier molecular flexibility index (Phi) is 2.67. The second-order valence-electron chi connectivity index (χ2n) is 4.68. The predicted molar refractivity (Wildman–Crippen MR) is 60.5 cm³/mol. The van der Waals surface area contributed by atoms with Gasteiger partial charge in [0.1, 0.15) is 11.4 Å². The summed E-state index contributed by atoms with van der Waals surface area (Å²) in [7, 11) is 0. The van der Waals surface area contributed by atoms with Crippen LogP contribution in [0, 0.1) is 0 Å². The van der Waals surface area contributed by atoms with Gasteiger partial charge in [-0.25, -0.2) is 0 Å². The van der Waals surface area contributed by atoms with E-state index in [1.807, 2.05) is 6.07 Å². The third-order valence-corrected chi connectivity index (χ3v) is 2.81. The fourth-order valence-electron chi connectivity index (χ4n) is 1.94. The fourth-order valence-corrected chi connectivity index (χ4v) is 1.94. The first kappa shape index (κ1) is 10.5. The van der Waals surface area contributed by atoms with Crippen LogP contribution in [0.15, 0.2) is 18.2 Å². The molecule has 3 heteroatoms. The van der Waals surface area contributed by atoms with Gasteiger partial charge in [-0.3, -0.25) is 11.3 Å². The highest BCUT2D eigenvalue weighted by atomic mass is 16.5. The van der Waals surface area contributed by atoms with Gasteiger partial charge in [0.15, 0.2) is 0 Å². The van der Waals surface area contributed by atoms with Crippen LogP contribution in [0.3, 0.4) is 0 Å². The van der Waals surface area contributed by atoms with Crippen LogP contribution in [0.5, 0.6) is 5.75 Å². The number of aryl methyl sites for hydroxylation is 1. The van der Waals surface area contributed by atoms with Crippen molar-refractivity contribution in [2.24, 2.45) is 5.84 Å². The van der Waals surface area contributed by atoms with E-state index in [1.165, 1.54) is 11.1 Å². The van der Waals surface area contributed by atoms with Gasteiger partial charge < -0.3 is 4.74 Å². The largest absolute Gasteiger partial charge is 0.488 e. The van der Waals surface area contributed by atoms with Gasteiger partial charge in [0.05, 0.1) is 0 Å². The minimum absolute atomic E-state index is 0.0271. The number of nitrogens with one attached hydrogen (secondary N) is 1. The number of nitrogens with two attached hydrogens (primary N) is 1. The molecule has 3 N–H and O–H groups in total. The molecule has 1 aliphatic rings. The summed E-state index contributed by atoms with van der Waals surface area (Å²) in [4.78, 5) is 0. The second kappa shape index (κ2) is 3.83. The zero-order chi connectivity index (χ0) is 10.9. The van der Waals surface area contributed by atoms with Gasteiger partial charge in [0.2, 0.25) is 0 Å². The van der Waals surface area contributed by atoms with E-state index in [-0.39, 0.29) is 5.60 Å². The van der Waals surface area contributed by atoms with E-state index in [0.717, 1.165) is 18.6 Å². The summed E-state index contributed by atoms with van der Waals surface area (Å²) in [6.45, 7) is 4.97. The molecular formula is C12H18N2O. The van der Waals surface area contributed by atoms with Crippen molar-refractivity contribution in [2.45, 2.75) is 38.8 Å². The maximum atomic E-state index is 5.90. The van der Waals surface area contributed by atoms with Crippen LogP contribution in [0.25, 0.3) is 0 Å². The van der Waals surface area contributed by atoms with Gasteiger partial charge in [0.25, 0.3) is 0 Å². The SMILES string of the molecule is CC1(C)CCc2cc(CNN)ccc2O1. The van der Waals surface area contributed by atoms with E-state index in [4.69, 9.17) is 10.6 Å². The minimum Gasteiger partial charge on any atom is -0.488 e. The summed E-state index contributed by atoms with van der Waals surface area (Å²) in [5.74, 6) is 6.32. The molecule has 0 radical (unpaired) electrons. The molecule has 15 heavy (non-hydrogen) atoms. The quantitative estimate of drug-likeness (QED) is 0.572. The molecule has 82 valence electrons. The van der Waals surface area contributed by atoms with E-state index < -0.39 is 0 Å². The van der Waals surface area contributed by atoms with Crippen LogP contribution >= 0.6 is 0 Å². The summed E-state index contributed by atoms with van der Waals surface area (Å²) in [5, 5.41) is 0. The van der Waals surface area contributed by atoms with Gasteiger partial charge in [0, 0.05) is 6.54 Å². The molecule has 0 aromatic heterocycles. The standard InChI is InChI=1S/C12H18N2O/c1-12(2)6-5-10-7-9(8-14-13)3-4-11(10)15-12/h3-4,7,14H,5-6,8,13H2,1-2H3. The maximum Gasteiger partial charge on any atom is 0.123 e. The van der Waals surface area contributed by atoms with Crippen molar-refractivity contribution in [3.05, 3.63) is 29.3 Å². The number of hydrazine groups is 1. The van der Waals surface area contributed by atoms with Crippen LogP contribution in [-0.4, -0.2) is 5.60 Å². The smallest absolute Gasteiger partial charge is 0.123 e. The van der Waals surface area contributed by atoms with Crippen molar-refractivity contribution in [3.8, 4) is 5.75 Å². The van der Waals surface area contributed by atoms with Gasteiger partial charge >= 0.3 is 0 Å². The average molecular weight is 206 g/mol. The van der Waals surface area contributed by atoms with E-state index in [1.54, 1.807) is 0 Å². The van der Waals surface area contributed by atoms with Gasteiger partial charge in [-0.1, -0.05) is 12.1 Å². The zero-order valence-corrected chi connectivity index (χ0v) is 9.34. The van der Waals surface area contributed by atoms with Crippen molar-refractivity contribution in [2.75, 3.05) is 0 Å². The number of fused-ring (bicyclic) bond motifs is 1. The molecule has 0 saturated carbocycles. The minimum atomic E-state index is -0.0271. The number of benzene rings is 1. The first-order chi connectivity index (χ1) is 7.11. The van der Waals surface area contributed by atoms with E-state index >= 15 is 0 Å². The number of hydrogen-bond acceptors (Lipinski definition) is 3. The average Bonchev–Trinajstić information content (AvgIpc) is 2.18. The molecule has 1 heterocycles. The van der Waals surface area contributed by atoms with Crippen LogP contribution in [0.4, 0.5) is 0 Å². The maximum absolute atomic E-state index is 5.90. The summed E-state index contributed by atoms with van der Waals surface area (Å²) < 4.78 is 5.90. The van der Waals surface area contributed by atoms with Crippen LogP contribution in [0.1, 0.15) is 31.4 Å². The monoisotopic (exact) mass is 206 g/mol. The molecule has 1 aromatic carbocycles. The normalized spacial score (nSPS) is 18.1. The molecular weight excluding hydrogens is 188 g/mol. The molecule has 0 saturated heterocycles. The molecule has 0 aliphatic carbocycles. The molecule has 0 amide bonds. The van der Waals surface area contributed by atoms with Crippen LogP contribution in [-0.2, 0) is 13.0 Å². The van der Waals surface area contributed by atoms with Gasteiger partial charge in [-0.15, -0.1) is 0 Å². The Bertz CT molecular complexity index is 361. The van der Waals surface area contributed by atoms with Crippen molar-refractivity contribution >= 4 is 0 Å². The highest BCUT2D eigenvalue weighted by Crippen LogP contribution is 2.33. The highest BCUT2D eigenvalue weighted by Gasteiger charge is 2.26. The molecule has 1 aromatic rings. The highest BCUT2D eigenvalue weighted by molar-refractivity contribution is 5.39. The van der Waals surface area contributed by atoms with E-state index in [2.05, 4.69) is 31.4 Å². The molecule has 0 spiro atoms. The summed E-state index contributed by atoms with van der Waals surface area (Å²) in [5.41, 5.74) is 5.14. The predicted octanol–water partition coefficient (Wildman–Crippen LogP) is 1.75.